The summed E-state index contributed by atoms with van der Waals surface area (Å²) in [4.78, 5) is 74.6. The molecule has 0 fully saturated rings. The van der Waals surface area contributed by atoms with Gasteiger partial charge in [-0.15, -0.1) is 0 Å². The molecule has 0 aromatic heterocycles. The number of allylic oxidation sites excluding steroid dienone is 2. The number of carbonyl (C=O) groups excluding carboxylic acids is 6. The van der Waals surface area contributed by atoms with Gasteiger partial charge in [0.1, 0.15) is 34.5 Å². The summed E-state index contributed by atoms with van der Waals surface area (Å²) in [5.74, 6) is 1.01. The van der Waals surface area contributed by atoms with Crippen LogP contribution >= 0.6 is 0 Å². The van der Waals surface area contributed by atoms with Crippen LogP contribution in [-0.2, 0) is 32.0 Å². The van der Waals surface area contributed by atoms with E-state index in [1.54, 1.807) is 135 Å². The fraction of sp³-hybridized carbons (Fsp3) is 0.424. The van der Waals surface area contributed by atoms with Crippen molar-refractivity contribution in [3.05, 3.63) is 118 Å². The molecule has 4 aromatic carbocycles. The van der Waals surface area contributed by atoms with Crippen molar-refractivity contribution in [2.45, 2.75) is 130 Å². The van der Waals surface area contributed by atoms with Crippen molar-refractivity contribution in [3.63, 3.8) is 0 Å². The number of aryl methyl sites for hydroxylation is 2. The maximum atomic E-state index is 12.8. The Kier molecular flexibility index (Phi) is 20.9. The molecule has 12 heteroatoms. The minimum absolute atomic E-state index is 0.202. The highest BCUT2D eigenvalue weighted by molar-refractivity contribution is 6.07. The van der Waals surface area contributed by atoms with Crippen LogP contribution in [0.25, 0.3) is 12.2 Å². The lowest BCUT2D eigenvalue weighted by Gasteiger charge is -2.19. The molecule has 0 aliphatic rings. The third kappa shape index (κ3) is 18.1. The average molecular weight is 975 g/mol. The van der Waals surface area contributed by atoms with Gasteiger partial charge in [0.2, 0.25) is 0 Å². The fourth-order valence-electron chi connectivity index (χ4n) is 5.93. The molecule has 0 bridgehead atoms. The van der Waals surface area contributed by atoms with Crippen molar-refractivity contribution < 1.29 is 57.2 Å². The van der Waals surface area contributed by atoms with E-state index < -0.39 is 21.7 Å². The summed E-state index contributed by atoms with van der Waals surface area (Å²) in [6.45, 7) is 30.1. The highest BCUT2D eigenvalue weighted by Gasteiger charge is 2.28. The second kappa shape index (κ2) is 25.3. The van der Waals surface area contributed by atoms with E-state index in [0.717, 1.165) is 23.1 Å². The molecule has 382 valence electrons. The average Bonchev–Trinajstić information content (AvgIpc) is 3.28. The molecule has 71 heavy (non-hydrogen) atoms. The van der Waals surface area contributed by atoms with Gasteiger partial charge in [0.05, 0.1) is 34.9 Å². The molecule has 4 rings (SSSR count). The number of ketones is 2. The molecular formula is C59H74O12. The molecule has 0 saturated heterocycles. The Morgan fingerprint density at radius 3 is 1.06 bits per heavy atom. The van der Waals surface area contributed by atoms with Gasteiger partial charge < -0.3 is 28.4 Å². The monoisotopic (exact) mass is 975 g/mol. The van der Waals surface area contributed by atoms with Crippen molar-refractivity contribution >= 4 is 47.6 Å². The van der Waals surface area contributed by atoms with Crippen LogP contribution in [0.5, 0.6) is 34.5 Å². The zero-order valence-electron chi connectivity index (χ0n) is 44.7. The van der Waals surface area contributed by atoms with Gasteiger partial charge >= 0.3 is 23.9 Å². The van der Waals surface area contributed by atoms with E-state index in [-0.39, 0.29) is 35.4 Å². The number of benzene rings is 4. The Balaban J connectivity index is 0.000000375. The normalized spacial score (nSPS) is 11.9. The largest absolute Gasteiger partial charge is 0.493 e. The summed E-state index contributed by atoms with van der Waals surface area (Å²) >= 11 is 0. The minimum Gasteiger partial charge on any atom is -0.493 e. The number of ether oxygens (including phenoxy) is 6. The maximum absolute atomic E-state index is 12.8. The predicted octanol–water partition coefficient (Wildman–Crippen LogP) is 13.3. The summed E-state index contributed by atoms with van der Waals surface area (Å²) < 4.78 is 33.6. The number of hydrogen-bond acceptors (Lipinski definition) is 12. The Bertz CT molecular complexity index is 2570. The minimum atomic E-state index is -0.638. The second-order valence-electron chi connectivity index (χ2n) is 21.0. The molecule has 0 spiro atoms. The molecule has 0 amide bonds. The van der Waals surface area contributed by atoms with E-state index in [2.05, 4.69) is 0 Å². The maximum Gasteiger partial charge on any atom is 0.316 e. The van der Waals surface area contributed by atoms with Crippen molar-refractivity contribution in [3.8, 4) is 34.5 Å². The number of rotatable bonds is 17. The smallest absolute Gasteiger partial charge is 0.316 e. The van der Waals surface area contributed by atoms with Crippen LogP contribution in [-0.4, -0.2) is 48.7 Å². The summed E-state index contributed by atoms with van der Waals surface area (Å²) in [5, 5.41) is 0. The van der Waals surface area contributed by atoms with E-state index in [1.807, 2.05) is 60.6 Å². The molecule has 0 heterocycles. The standard InChI is InChI=1S/C30H38O6.C29H36O6/c1-9-11-21-18-22(25(34-10-2)19-26(21)36-28(33)30(6,7)8)14-17-24(31)20-12-15-23(16-13-20)35-27(32)29(3,4)5;1-9-19-17-21(24(33-10-2)18-25(19)35-27(32)29(6,7)8)13-16-23(30)20-11-14-22(15-12-20)34-26(31)28(3,4)5/h12-19H,9-11H2,1-8H3;11-18H,9-10H2,1-8H3. The quantitative estimate of drug-likeness (QED) is 0.0427. The first kappa shape index (κ1) is 58.5. The highest BCUT2D eigenvalue weighted by atomic mass is 16.6. The Morgan fingerprint density at radius 2 is 0.746 bits per heavy atom. The Morgan fingerprint density at radius 1 is 0.423 bits per heavy atom. The number of hydrogen-bond donors (Lipinski definition) is 0. The highest BCUT2D eigenvalue weighted by Crippen LogP contribution is 2.35. The van der Waals surface area contributed by atoms with Gasteiger partial charge in [0.15, 0.2) is 11.6 Å². The lowest BCUT2D eigenvalue weighted by Crippen LogP contribution is -2.26. The third-order valence-electron chi connectivity index (χ3n) is 10.3. The summed E-state index contributed by atoms with van der Waals surface area (Å²) in [5.41, 5.74) is 1.55. The van der Waals surface area contributed by atoms with Crippen LogP contribution in [0, 0.1) is 21.7 Å². The summed E-state index contributed by atoms with van der Waals surface area (Å²) in [6, 6.07) is 20.1. The van der Waals surface area contributed by atoms with Crippen LogP contribution in [0.2, 0.25) is 0 Å². The van der Waals surface area contributed by atoms with Gasteiger partial charge in [-0.25, -0.2) is 0 Å². The zero-order chi connectivity index (χ0) is 53.5. The molecule has 0 aliphatic carbocycles. The third-order valence-corrected chi connectivity index (χ3v) is 10.3. The molecule has 0 saturated carbocycles. The zero-order valence-corrected chi connectivity index (χ0v) is 44.7. The lowest BCUT2D eigenvalue weighted by atomic mass is 9.97. The topological polar surface area (TPSA) is 158 Å². The fourth-order valence-corrected chi connectivity index (χ4v) is 5.93. The van der Waals surface area contributed by atoms with Crippen LogP contribution in [0.15, 0.2) is 84.9 Å². The molecule has 0 N–H and O–H groups in total. The van der Waals surface area contributed by atoms with Gasteiger partial charge in [0, 0.05) is 34.4 Å². The van der Waals surface area contributed by atoms with Gasteiger partial charge in [-0.3, -0.25) is 28.8 Å². The van der Waals surface area contributed by atoms with Gasteiger partial charge in [-0.2, -0.15) is 0 Å². The van der Waals surface area contributed by atoms with E-state index >= 15 is 0 Å². The number of carbonyl (C=O) groups is 6. The lowest BCUT2D eigenvalue weighted by molar-refractivity contribution is -0.143. The molecular weight excluding hydrogens is 901 g/mol. The van der Waals surface area contributed by atoms with Gasteiger partial charge in [-0.05, 0) is 206 Å². The van der Waals surface area contributed by atoms with Crippen LogP contribution in [0.4, 0.5) is 0 Å². The molecule has 12 nitrogen and oxygen atoms in total. The first-order valence-corrected chi connectivity index (χ1v) is 24.2. The Labute approximate surface area is 421 Å². The molecule has 0 atom stereocenters. The van der Waals surface area contributed by atoms with E-state index in [4.69, 9.17) is 28.4 Å². The van der Waals surface area contributed by atoms with E-state index in [9.17, 15) is 28.8 Å². The SMILES string of the molecule is CCCc1cc(C=CC(=O)c2ccc(OC(=O)C(C)(C)C)cc2)c(OCC)cc1OC(=O)C(C)(C)C.CCOc1cc(OC(=O)C(C)(C)C)c(CC)cc1C=CC(=O)c1ccc(OC(=O)C(C)(C)C)cc1. The molecule has 0 unspecified atom stereocenters. The molecule has 0 radical (unpaired) electrons. The van der Waals surface area contributed by atoms with Crippen LogP contribution < -0.4 is 28.4 Å². The Hall–Kier alpha value is -6.82. The predicted molar refractivity (Wildman–Crippen MR) is 279 cm³/mol. The van der Waals surface area contributed by atoms with Crippen LogP contribution in [0.1, 0.15) is 160 Å². The van der Waals surface area contributed by atoms with Crippen molar-refractivity contribution in [2.75, 3.05) is 13.2 Å². The first-order chi connectivity index (χ1) is 33.0. The first-order valence-electron chi connectivity index (χ1n) is 24.2. The van der Waals surface area contributed by atoms with Crippen molar-refractivity contribution in [1.82, 2.24) is 0 Å². The summed E-state index contributed by atoms with van der Waals surface area (Å²) in [7, 11) is 0. The molecule has 0 aliphatic heterocycles. The van der Waals surface area contributed by atoms with E-state index in [1.165, 1.54) is 12.2 Å². The van der Waals surface area contributed by atoms with Crippen molar-refractivity contribution in [1.29, 1.82) is 0 Å². The van der Waals surface area contributed by atoms with Crippen LogP contribution in [0.3, 0.4) is 0 Å². The van der Waals surface area contributed by atoms with Crippen molar-refractivity contribution in [2.24, 2.45) is 21.7 Å². The second-order valence-corrected chi connectivity index (χ2v) is 21.0. The van der Waals surface area contributed by atoms with Gasteiger partial charge in [-0.1, -0.05) is 20.3 Å². The molecule has 4 aromatic rings. The summed E-state index contributed by atoms with van der Waals surface area (Å²) in [6.07, 6.45) is 8.55. The number of esters is 4. The van der Waals surface area contributed by atoms with E-state index in [0.29, 0.717) is 77.2 Å². The van der Waals surface area contributed by atoms with Gasteiger partial charge in [0.25, 0.3) is 0 Å².